The molecular formula is C23H22FN5OS. The van der Waals surface area contributed by atoms with E-state index in [1.54, 1.807) is 16.9 Å². The molecule has 158 valence electrons. The smallest absolute Gasteiger partial charge is 0.166 e. The van der Waals surface area contributed by atoms with Crippen molar-refractivity contribution >= 4 is 17.4 Å². The molecule has 2 bridgehead atoms. The standard InChI is InChI=1S/C23H22FN5OS/c1-4-18-21-13-7-19(23(25)26-10-13)30-12(2)17-9-15(24)5-6-16(17)22-14(11-29(3)27-22)8-20(21)31-28-18/h5-7,9-12H,4,8H2,1-3H3,(H2,25,26). The number of pyridine rings is 1. The van der Waals surface area contributed by atoms with Crippen LogP contribution in [0.5, 0.6) is 5.75 Å². The second kappa shape index (κ2) is 7.46. The lowest BCUT2D eigenvalue weighted by Gasteiger charge is -2.20. The first-order chi connectivity index (χ1) is 14.9. The predicted octanol–water partition coefficient (Wildman–Crippen LogP) is 4.93. The van der Waals surface area contributed by atoms with Gasteiger partial charge in [-0.25, -0.2) is 9.37 Å². The molecule has 0 aliphatic carbocycles. The molecule has 1 aliphatic heterocycles. The summed E-state index contributed by atoms with van der Waals surface area (Å²) in [5.74, 6) is 0.448. The molecule has 0 spiro atoms. The van der Waals surface area contributed by atoms with Crippen molar-refractivity contribution in [1.29, 1.82) is 0 Å². The van der Waals surface area contributed by atoms with E-state index in [-0.39, 0.29) is 5.82 Å². The number of aryl methyl sites for hydroxylation is 2. The number of benzene rings is 1. The maximum Gasteiger partial charge on any atom is 0.166 e. The van der Waals surface area contributed by atoms with Crippen LogP contribution in [0.15, 0.2) is 36.7 Å². The van der Waals surface area contributed by atoms with E-state index in [0.717, 1.165) is 44.9 Å². The lowest BCUT2D eigenvalue weighted by Crippen LogP contribution is -2.09. The molecule has 0 saturated carbocycles. The van der Waals surface area contributed by atoms with Crippen LogP contribution in [-0.2, 0) is 19.9 Å². The fourth-order valence-electron chi connectivity index (χ4n) is 4.14. The number of ether oxygens (including phenoxy) is 1. The van der Waals surface area contributed by atoms with Crippen molar-refractivity contribution in [3.05, 3.63) is 64.2 Å². The van der Waals surface area contributed by atoms with Crippen molar-refractivity contribution in [2.75, 3.05) is 5.73 Å². The fraction of sp³-hybridized carbons (Fsp3) is 0.261. The van der Waals surface area contributed by atoms with E-state index in [1.165, 1.54) is 23.7 Å². The van der Waals surface area contributed by atoms with Gasteiger partial charge < -0.3 is 10.5 Å². The third kappa shape index (κ3) is 3.37. The molecule has 0 fully saturated rings. The average Bonchev–Trinajstić information content (AvgIpc) is 3.32. The summed E-state index contributed by atoms with van der Waals surface area (Å²) in [6.45, 7) is 3.98. The molecule has 1 unspecified atom stereocenters. The maximum atomic E-state index is 14.2. The number of hydrogen-bond donors (Lipinski definition) is 1. The van der Waals surface area contributed by atoms with Gasteiger partial charge in [0, 0.05) is 58.6 Å². The zero-order chi connectivity index (χ0) is 21.7. The molecule has 4 heterocycles. The van der Waals surface area contributed by atoms with Crippen molar-refractivity contribution in [3.63, 3.8) is 0 Å². The van der Waals surface area contributed by atoms with E-state index < -0.39 is 6.10 Å². The Balaban J connectivity index is 1.81. The summed E-state index contributed by atoms with van der Waals surface area (Å²) in [6, 6.07) is 6.64. The van der Waals surface area contributed by atoms with Gasteiger partial charge in [0.15, 0.2) is 11.6 Å². The molecule has 0 saturated heterocycles. The number of halogens is 1. The Morgan fingerprint density at radius 3 is 2.97 bits per heavy atom. The van der Waals surface area contributed by atoms with Gasteiger partial charge in [0.25, 0.3) is 0 Å². The van der Waals surface area contributed by atoms with E-state index >= 15 is 0 Å². The van der Waals surface area contributed by atoms with Crippen molar-refractivity contribution in [1.82, 2.24) is 19.1 Å². The Morgan fingerprint density at radius 2 is 2.16 bits per heavy atom. The SMILES string of the molecule is CCc1nsc2c1-c1cnc(N)c(c1)OC(C)c1cc(F)ccc1-c1nn(C)cc1C2. The highest BCUT2D eigenvalue weighted by Gasteiger charge is 2.24. The van der Waals surface area contributed by atoms with Crippen LogP contribution in [0.3, 0.4) is 0 Å². The van der Waals surface area contributed by atoms with Crippen LogP contribution in [0.2, 0.25) is 0 Å². The number of hydrogen-bond acceptors (Lipinski definition) is 6. The Labute approximate surface area is 183 Å². The zero-order valence-corrected chi connectivity index (χ0v) is 18.3. The van der Waals surface area contributed by atoms with Gasteiger partial charge >= 0.3 is 0 Å². The first kappa shape index (κ1) is 19.7. The van der Waals surface area contributed by atoms with E-state index in [1.807, 2.05) is 26.2 Å². The summed E-state index contributed by atoms with van der Waals surface area (Å²) in [6.07, 6.45) is 4.81. The van der Waals surface area contributed by atoms with Gasteiger partial charge in [-0.3, -0.25) is 4.68 Å². The number of nitrogen functional groups attached to an aromatic ring is 1. The number of nitrogens with two attached hydrogens (primary N) is 1. The second-order valence-electron chi connectivity index (χ2n) is 7.73. The van der Waals surface area contributed by atoms with Crippen molar-refractivity contribution in [2.45, 2.75) is 32.8 Å². The van der Waals surface area contributed by atoms with Crippen molar-refractivity contribution in [2.24, 2.45) is 7.05 Å². The van der Waals surface area contributed by atoms with E-state index in [4.69, 9.17) is 19.9 Å². The molecule has 0 amide bonds. The van der Waals surface area contributed by atoms with Gasteiger partial charge in [0.05, 0.1) is 11.4 Å². The normalized spacial score (nSPS) is 15.2. The third-order valence-corrected chi connectivity index (χ3v) is 6.49. The van der Waals surface area contributed by atoms with Gasteiger partial charge in [-0.1, -0.05) is 6.92 Å². The molecule has 31 heavy (non-hydrogen) atoms. The minimum absolute atomic E-state index is 0.298. The summed E-state index contributed by atoms with van der Waals surface area (Å²) in [5.41, 5.74) is 12.6. The molecule has 8 heteroatoms. The summed E-state index contributed by atoms with van der Waals surface area (Å²) in [7, 11) is 1.90. The van der Waals surface area contributed by atoms with E-state index in [0.29, 0.717) is 23.6 Å². The first-order valence-electron chi connectivity index (χ1n) is 10.2. The Hall–Kier alpha value is -3.26. The molecule has 0 radical (unpaired) electrons. The highest BCUT2D eigenvalue weighted by atomic mass is 32.1. The number of nitrogens with zero attached hydrogens (tertiary/aromatic N) is 4. The van der Waals surface area contributed by atoms with Gasteiger partial charge in [-0.05, 0) is 49.1 Å². The largest absolute Gasteiger partial charge is 0.482 e. The topological polar surface area (TPSA) is 78.8 Å². The molecule has 1 atom stereocenters. The lowest BCUT2D eigenvalue weighted by molar-refractivity contribution is 0.227. The average molecular weight is 436 g/mol. The number of rotatable bonds is 1. The molecular weight excluding hydrogens is 413 g/mol. The number of anilines is 1. The van der Waals surface area contributed by atoms with Crippen molar-refractivity contribution < 1.29 is 9.13 Å². The highest BCUT2D eigenvalue weighted by molar-refractivity contribution is 7.06. The lowest BCUT2D eigenvalue weighted by atomic mass is 9.95. The number of aromatic nitrogens is 4. The Bertz CT molecular complexity index is 1300. The molecule has 6 nitrogen and oxygen atoms in total. The maximum absolute atomic E-state index is 14.2. The summed E-state index contributed by atoms with van der Waals surface area (Å²) >= 11 is 1.49. The van der Waals surface area contributed by atoms with Crippen LogP contribution in [0.1, 0.15) is 41.6 Å². The predicted molar refractivity (Wildman–Crippen MR) is 120 cm³/mol. The van der Waals surface area contributed by atoms with Gasteiger partial charge in [0.2, 0.25) is 0 Å². The van der Waals surface area contributed by atoms with Crippen LogP contribution >= 0.6 is 11.5 Å². The second-order valence-corrected chi connectivity index (χ2v) is 8.59. The molecule has 2 N–H and O–H groups in total. The monoisotopic (exact) mass is 435 g/mol. The quantitative estimate of drug-likeness (QED) is 0.458. The molecule has 1 aromatic carbocycles. The van der Waals surface area contributed by atoms with Gasteiger partial charge in [0.1, 0.15) is 11.9 Å². The van der Waals surface area contributed by atoms with Crippen molar-refractivity contribution in [3.8, 4) is 28.1 Å². The van der Waals surface area contributed by atoms with Crippen LogP contribution in [0, 0.1) is 5.82 Å². The van der Waals surface area contributed by atoms with E-state index in [9.17, 15) is 4.39 Å². The minimum atomic E-state index is -0.454. The summed E-state index contributed by atoms with van der Waals surface area (Å²) < 4.78 is 26.9. The third-order valence-electron chi connectivity index (χ3n) is 5.60. The van der Waals surface area contributed by atoms with E-state index in [2.05, 4.69) is 11.9 Å². The number of fused-ring (bicyclic) bond motifs is 7. The Kier molecular flexibility index (Phi) is 4.74. The zero-order valence-electron chi connectivity index (χ0n) is 17.5. The molecule has 3 aromatic heterocycles. The molecule has 4 aromatic rings. The first-order valence-corrected chi connectivity index (χ1v) is 10.9. The Morgan fingerprint density at radius 1 is 1.32 bits per heavy atom. The molecule has 5 rings (SSSR count). The van der Waals surface area contributed by atoms with Gasteiger partial charge in [-0.2, -0.15) is 9.47 Å². The van der Waals surface area contributed by atoms with Crippen LogP contribution in [0.25, 0.3) is 22.4 Å². The van der Waals surface area contributed by atoms with Gasteiger partial charge in [-0.15, -0.1) is 0 Å². The summed E-state index contributed by atoms with van der Waals surface area (Å²) in [5, 5.41) is 4.72. The fourth-order valence-corrected chi connectivity index (χ4v) is 5.13. The van der Waals surface area contributed by atoms with Crippen LogP contribution in [-0.4, -0.2) is 19.1 Å². The highest BCUT2D eigenvalue weighted by Crippen LogP contribution is 2.40. The summed E-state index contributed by atoms with van der Waals surface area (Å²) in [4.78, 5) is 5.50. The molecule has 1 aliphatic rings. The van der Waals surface area contributed by atoms with Crippen LogP contribution in [0.4, 0.5) is 10.2 Å². The minimum Gasteiger partial charge on any atom is -0.482 e. The van der Waals surface area contributed by atoms with Crippen LogP contribution < -0.4 is 10.5 Å².